The number of carbonyl (C=O) groups excluding carboxylic acids is 1. The Balaban J connectivity index is 3.50. The normalized spacial score (nSPS) is 10.9. The van der Waals surface area contributed by atoms with E-state index in [2.05, 4.69) is 0 Å². The molecule has 0 saturated heterocycles. The van der Waals surface area contributed by atoms with Gasteiger partial charge in [-0.3, -0.25) is 0 Å². The van der Waals surface area contributed by atoms with Gasteiger partial charge >= 0.3 is 0 Å². The maximum Gasteiger partial charge on any atom is 0.0639 e. The molecule has 0 N–H and O–H groups in total. The average Bonchev–Trinajstić information content (AvgIpc) is 1.61. The first-order chi connectivity index (χ1) is 3.63. The van der Waals surface area contributed by atoms with E-state index < -0.39 is 5.97 Å². The maximum absolute atomic E-state index is 9.71. The van der Waals surface area contributed by atoms with Crippen molar-refractivity contribution in [1.29, 1.82) is 0 Å². The summed E-state index contributed by atoms with van der Waals surface area (Å²) in [5.41, 5.74) is 0. The predicted octanol–water partition coefficient (Wildman–Crippen LogP) is -0.0515. The van der Waals surface area contributed by atoms with Crippen LogP contribution in [0.1, 0.15) is 13.8 Å². The Kier molecular flexibility index (Phi) is 2.92. The van der Waals surface area contributed by atoms with Crippen LogP contribution in [0.3, 0.4) is 0 Å². The third-order valence-electron chi connectivity index (χ3n) is 0.617. The van der Waals surface area contributed by atoms with E-state index in [0.29, 0.717) is 0 Å². The zero-order valence-corrected chi connectivity index (χ0v) is 5.05. The predicted molar refractivity (Wildman–Crippen MR) is 29.0 cm³/mol. The molecule has 8 heavy (non-hydrogen) atoms. The molecule has 0 aromatic rings. The van der Waals surface area contributed by atoms with Crippen LogP contribution in [0.25, 0.3) is 0 Å². The van der Waals surface area contributed by atoms with E-state index in [1.165, 1.54) is 0 Å². The van der Waals surface area contributed by atoms with Crippen molar-refractivity contribution < 1.29 is 9.90 Å². The first-order valence-electron chi connectivity index (χ1n) is 2.52. The number of allylic oxidation sites excluding steroid dienone is 1. The van der Waals surface area contributed by atoms with Crippen molar-refractivity contribution in [2.45, 2.75) is 13.8 Å². The SMILES string of the molecule is CC(C)C=CC(=O)[O-]. The standard InChI is InChI=1S/C6H10O2/c1-5(2)3-4-6(7)8/h3-5H,1-2H3,(H,7,8)/p-1. The van der Waals surface area contributed by atoms with Gasteiger partial charge < -0.3 is 9.90 Å². The number of carbonyl (C=O) groups is 1. The van der Waals surface area contributed by atoms with E-state index in [9.17, 15) is 9.90 Å². The monoisotopic (exact) mass is 113 g/mol. The van der Waals surface area contributed by atoms with Gasteiger partial charge in [0.15, 0.2) is 0 Å². The molecule has 2 nitrogen and oxygen atoms in total. The molecule has 0 aliphatic rings. The van der Waals surface area contributed by atoms with Crippen LogP contribution in [0.4, 0.5) is 0 Å². The van der Waals surface area contributed by atoms with Gasteiger partial charge in [0, 0.05) is 0 Å². The van der Waals surface area contributed by atoms with Gasteiger partial charge in [-0.1, -0.05) is 19.9 Å². The molecule has 0 aromatic carbocycles. The van der Waals surface area contributed by atoms with Crippen molar-refractivity contribution in [3.8, 4) is 0 Å². The minimum Gasteiger partial charge on any atom is -0.545 e. The molecule has 0 aliphatic heterocycles. The summed E-state index contributed by atoms with van der Waals surface area (Å²) in [4.78, 5) is 9.71. The maximum atomic E-state index is 9.71. The number of hydrogen-bond acceptors (Lipinski definition) is 2. The van der Waals surface area contributed by atoms with Crippen LogP contribution >= 0.6 is 0 Å². The summed E-state index contributed by atoms with van der Waals surface area (Å²) >= 11 is 0. The highest BCUT2D eigenvalue weighted by Gasteiger charge is 1.80. The molecule has 0 amide bonds. The van der Waals surface area contributed by atoms with E-state index >= 15 is 0 Å². The minimum atomic E-state index is -1.13. The third kappa shape index (κ3) is 5.21. The smallest absolute Gasteiger partial charge is 0.0639 e. The van der Waals surface area contributed by atoms with Crippen LogP contribution in [0.5, 0.6) is 0 Å². The molecule has 0 aliphatic carbocycles. The van der Waals surface area contributed by atoms with Crippen molar-refractivity contribution >= 4 is 5.97 Å². The number of aliphatic carboxylic acids is 1. The van der Waals surface area contributed by atoms with Crippen LogP contribution in [0, 0.1) is 5.92 Å². The molecule has 0 aromatic heterocycles. The fourth-order valence-electron chi connectivity index (χ4n) is 0.271. The second-order valence-corrected chi connectivity index (χ2v) is 1.92. The fourth-order valence-corrected chi connectivity index (χ4v) is 0.271. The van der Waals surface area contributed by atoms with E-state index in [4.69, 9.17) is 0 Å². The highest BCUT2D eigenvalue weighted by atomic mass is 16.4. The highest BCUT2D eigenvalue weighted by Crippen LogP contribution is 1.91. The highest BCUT2D eigenvalue weighted by molar-refractivity contribution is 5.77. The lowest BCUT2D eigenvalue weighted by Gasteiger charge is -1.93. The molecule has 0 rings (SSSR count). The zero-order valence-electron chi connectivity index (χ0n) is 5.05. The average molecular weight is 113 g/mol. The van der Waals surface area contributed by atoms with Crippen LogP contribution in [0.15, 0.2) is 12.2 Å². The van der Waals surface area contributed by atoms with E-state index in [1.54, 1.807) is 6.08 Å². The summed E-state index contributed by atoms with van der Waals surface area (Å²) < 4.78 is 0. The molecule has 0 radical (unpaired) electrons. The summed E-state index contributed by atoms with van der Waals surface area (Å²) in [6, 6.07) is 0. The Morgan fingerprint density at radius 3 is 2.25 bits per heavy atom. The van der Waals surface area contributed by atoms with E-state index in [0.717, 1.165) is 6.08 Å². The van der Waals surface area contributed by atoms with Gasteiger partial charge in [-0.25, -0.2) is 0 Å². The molecule has 0 atom stereocenters. The van der Waals surface area contributed by atoms with Crippen LogP contribution in [-0.2, 0) is 4.79 Å². The minimum absolute atomic E-state index is 0.285. The van der Waals surface area contributed by atoms with Crippen LogP contribution in [-0.4, -0.2) is 5.97 Å². The Labute approximate surface area is 48.8 Å². The molecule has 0 heterocycles. The number of rotatable bonds is 2. The van der Waals surface area contributed by atoms with Crippen molar-refractivity contribution in [1.82, 2.24) is 0 Å². The van der Waals surface area contributed by atoms with Crippen LogP contribution < -0.4 is 5.11 Å². The Bertz CT molecular complexity index is 103. The summed E-state index contributed by atoms with van der Waals surface area (Å²) in [7, 11) is 0. The van der Waals surface area contributed by atoms with Crippen LogP contribution in [0.2, 0.25) is 0 Å². The molecule has 0 bridgehead atoms. The lowest BCUT2D eigenvalue weighted by molar-refractivity contribution is -0.297. The van der Waals surface area contributed by atoms with Gasteiger partial charge in [0.1, 0.15) is 0 Å². The zero-order chi connectivity index (χ0) is 6.57. The molecule has 0 saturated carbocycles. The molecular weight excluding hydrogens is 104 g/mol. The number of hydrogen-bond donors (Lipinski definition) is 0. The quantitative estimate of drug-likeness (QED) is 0.471. The van der Waals surface area contributed by atoms with Gasteiger partial charge in [-0.2, -0.15) is 0 Å². The van der Waals surface area contributed by atoms with Gasteiger partial charge in [-0.15, -0.1) is 0 Å². The Morgan fingerprint density at radius 1 is 1.62 bits per heavy atom. The summed E-state index contributed by atoms with van der Waals surface area (Å²) in [5, 5.41) is 9.71. The molecule has 0 fully saturated rings. The fraction of sp³-hybridized carbons (Fsp3) is 0.500. The van der Waals surface area contributed by atoms with Crippen molar-refractivity contribution in [2.75, 3.05) is 0 Å². The Hall–Kier alpha value is -0.790. The lowest BCUT2D eigenvalue weighted by Crippen LogP contribution is -2.18. The molecule has 2 heteroatoms. The summed E-state index contributed by atoms with van der Waals surface area (Å²) in [6.45, 7) is 3.80. The third-order valence-corrected chi connectivity index (χ3v) is 0.617. The molecular formula is C6H9O2-. The largest absolute Gasteiger partial charge is 0.545 e. The summed E-state index contributed by atoms with van der Waals surface area (Å²) in [6.07, 6.45) is 2.62. The number of carboxylic acids is 1. The molecule has 0 unspecified atom stereocenters. The van der Waals surface area contributed by atoms with Crippen molar-refractivity contribution in [3.05, 3.63) is 12.2 Å². The van der Waals surface area contributed by atoms with Crippen molar-refractivity contribution in [3.63, 3.8) is 0 Å². The van der Waals surface area contributed by atoms with E-state index in [1.807, 2.05) is 13.8 Å². The van der Waals surface area contributed by atoms with Gasteiger partial charge in [-0.05, 0) is 12.0 Å². The lowest BCUT2D eigenvalue weighted by atomic mass is 10.2. The topological polar surface area (TPSA) is 40.1 Å². The summed E-state index contributed by atoms with van der Waals surface area (Å²) in [5.74, 6) is -0.841. The number of carboxylic acid groups (broad SMARTS) is 1. The molecule has 46 valence electrons. The second-order valence-electron chi connectivity index (χ2n) is 1.92. The van der Waals surface area contributed by atoms with E-state index in [-0.39, 0.29) is 5.92 Å². The van der Waals surface area contributed by atoms with Gasteiger partial charge in [0.05, 0.1) is 5.97 Å². The van der Waals surface area contributed by atoms with Gasteiger partial charge in [0.25, 0.3) is 0 Å². The van der Waals surface area contributed by atoms with Gasteiger partial charge in [0.2, 0.25) is 0 Å². The van der Waals surface area contributed by atoms with Crippen molar-refractivity contribution in [2.24, 2.45) is 5.92 Å². The molecule has 0 spiro atoms. The second kappa shape index (κ2) is 3.24. The first-order valence-corrected chi connectivity index (χ1v) is 2.52. The first kappa shape index (κ1) is 7.21. The Morgan fingerprint density at radius 2 is 2.12 bits per heavy atom.